The van der Waals surface area contributed by atoms with Gasteiger partial charge in [-0.15, -0.1) is 0 Å². The molecule has 0 saturated carbocycles. The minimum Gasteiger partial charge on any atom is -0.490 e. The number of benzene rings is 1. The second-order valence-electron chi connectivity index (χ2n) is 4.83. The summed E-state index contributed by atoms with van der Waals surface area (Å²) in [5.74, 6) is -0.601. The fraction of sp³-hybridized carbons (Fsp3) is 0.462. The average molecular weight is 491 g/mol. The fourth-order valence-electron chi connectivity index (χ4n) is 1.64. The van der Waals surface area contributed by atoms with Gasteiger partial charge in [0, 0.05) is 6.07 Å². The Hall–Kier alpha value is -0.180. The number of cyclic esters (lactones) is 1. The van der Waals surface area contributed by atoms with E-state index in [1.165, 1.54) is 6.07 Å². The summed E-state index contributed by atoms with van der Waals surface area (Å²) in [5, 5.41) is 0. The molecule has 1 aromatic carbocycles. The van der Waals surface area contributed by atoms with Gasteiger partial charge < -0.3 is 14.2 Å². The first-order chi connectivity index (χ1) is 9.62. The van der Waals surface area contributed by atoms with E-state index in [0.29, 0.717) is 11.3 Å². The molecule has 1 aromatic rings. The summed E-state index contributed by atoms with van der Waals surface area (Å²) < 4.78 is 28.7. The van der Waals surface area contributed by atoms with Crippen molar-refractivity contribution in [3.63, 3.8) is 0 Å². The summed E-state index contributed by atoms with van der Waals surface area (Å²) in [7, 11) is 0. The third-order valence-corrected chi connectivity index (χ3v) is 4.06. The second-order valence-corrected chi connectivity index (χ2v) is 11.8. The predicted octanol–water partition coefficient (Wildman–Crippen LogP) is 4.01. The van der Waals surface area contributed by atoms with Gasteiger partial charge >= 0.3 is 5.97 Å². The van der Waals surface area contributed by atoms with E-state index in [0.717, 1.165) is 0 Å². The summed E-state index contributed by atoms with van der Waals surface area (Å²) in [6.45, 7) is 3.12. The summed E-state index contributed by atoms with van der Waals surface area (Å²) >= 11 is 9.72. The van der Waals surface area contributed by atoms with Gasteiger partial charge in [-0.1, -0.05) is 53.9 Å². The molecule has 1 saturated heterocycles. The van der Waals surface area contributed by atoms with E-state index in [1.54, 1.807) is 26.0 Å². The molecule has 2 rings (SSSR count). The molecular weight excluding hydrogens is 479 g/mol. The van der Waals surface area contributed by atoms with Crippen LogP contribution in [0, 0.1) is 12.7 Å². The van der Waals surface area contributed by atoms with Gasteiger partial charge in [0.05, 0.1) is 0 Å². The molecule has 0 spiro atoms. The molecule has 0 radical (unpaired) electrons. The lowest BCUT2D eigenvalue weighted by Gasteiger charge is -2.22. The van der Waals surface area contributed by atoms with E-state index in [9.17, 15) is 9.18 Å². The van der Waals surface area contributed by atoms with Crippen LogP contribution < -0.4 is 4.74 Å². The maximum absolute atomic E-state index is 13.4. The maximum Gasteiger partial charge on any atom is 0.344 e. The molecule has 1 heterocycles. The quantitative estimate of drug-likeness (QED) is 0.474. The number of rotatable bonds is 3. The van der Waals surface area contributed by atoms with Crippen molar-refractivity contribution < 1.29 is 23.4 Å². The van der Waals surface area contributed by atoms with Crippen LogP contribution in [0.4, 0.5) is 4.39 Å². The molecule has 0 aliphatic carbocycles. The SMILES string of the molecule is Cc1ccc(OC[C@]2(C)OC(C(Br)(Br)Br)OC2=O)cc1F. The van der Waals surface area contributed by atoms with Crippen molar-refractivity contribution in [2.45, 2.75) is 27.9 Å². The molecule has 21 heavy (non-hydrogen) atoms. The first-order valence-corrected chi connectivity index (χ1v) is 8.34. The van der Waals surface area contributed by atoms with Crippen molar-refractivity contribution in [2.75, 3.05) is 6.61 Å². The minimum atomic E-state index is -1.27. The highest BCUT2D eigenvalue weighted by Gasteiger charge is 2.53. The van der Waals surface area contributed by atoms with Crippen LogP contribution in [0.2, 0.25) is 0 Å². The summed E-state index contributed by atoms with van der Waals surface area (Å²) in [4.78, 5) is 11.9. The number of hydrogen-bond acceptors (Lipinski definition) is 4. The molecule has 8 heteroatoms. The Bertz CT molecular complexity index is 561. The van der Waals surface area contributed by atoms with Gasteiger partial charge in [-0.3, -0.25) is 0 Å². The van der Waals surface area contributed by atoms with Crippen LogP contribution in [0.25, 0.3) is 0 Å². The average Bonchev–Trinajstić information content (AvgIpc) is 2.68. The Morgan fingerprint density at radius 1 is 1.43 bits per heavy atom. The van der Waals surface area contributed by atoms with Gasteiger partial charge in [-0.05, 0) is 25.5 Å². The molecule has 2 atom stereocenters. The van der Waals surface area contributed by atoms with E-state index < -0.39 is 20.0 Å². The molecule has 1 unspecified atom stereocenters. The molecule has 1 aliphatic heterocycles. The van der Waals surface area contributed by atoms with E-state index in [1.807, 2.05) is 0 Å². The molecule has 4 nitrogen and oxygen atoms in total. The van der Waals surface area contributed by atoms with Crippen molar-refractivity contribution >= 4 is 53.8 Å². The number of esters is 1. The van der Waals surface area contributed by atoms with Crippen LogP contribution in [0.1, 0.15) is 12.5 Å². The van der Waals surface area contributed by atoms with Crippen molar-refractivity contribution in [3.8, 4) is 5.75 Å². The predicted molar refractivity (Wildman–Crippen MR) is 85.5 cm³/mol. The van der Waals surface area contributed by atoms with Crippen LogP contribution in [0.5, 0.6) is 5.75 Å². The van der Waals surface area contributed by atoms with Crippen LogP contribution in [-0.2, 0) is 14.3 Å². The Balaban J connectivity index is 2.05. The van der Waals surface area contributed by atoms with Crippen LogP contribution in [0.15, 0.2) is 18.2 Å². The minimum absolute atomic E-state index is 0.0894. The highest BCUT2D eigenvalue weighted by molar-refractivity contribution is 9.39. The fourth-order valence-corrected chi connectivity index (χ4v) is 2.20. The lowest BCUT2D eigenvalue weighted by atomic mass is 10.1. The number of carbonyl (C=O) groups excluding carboxylic acids is 1. The second kappa shape index (κ2) is 6.14. The van der Waals surface area contributed by atoms with Gasteiger partial charge in [0.25, 0.3) is 0 Å². The third kappa shape index (κ3) is 3.97. The molecule has 0 amide bonds. The standard InChI is InChI=1S/C13H12Br3FO4/c1-7-3-4-8(5-9(7)17)19-6-12(2)10(18)20-11(21-12)13(14,15)16/h3-5,11H,6H2,1-2H3/t11?,12-/m0/s1. The summed E-state index contributed by atoms with van der Waals surface area (Å²) in [6, 6.07) is 4.49. The normalized spacial score (nSPS) is 25.8. The number of halogens is 4. The van der Waals surface area contributed by atoms with Gasteiger partial charge in [-0.25, -0.2) is 9.18 Å². The lowest BCUT2D eigenvalue weighted by Crippen LogP contribution is -2.40. The number of ether oxygens (including phenoxy) is 3. The van der Waals surface area contributed by atoms with Gasteiger partial charge in [0.2, 0.25) is 6.29 Å². The largest absolute Gasteiger partial charge is 0.490 e. The van der Waals surface area contributed by atoms with E-state index in [4.69, 9.17) is 14.2 Å². The lowest BCUT2D eigenvalue weighted by molar-refractivity contribution is -0.145. The van der Waals surface area contributed by atoms with Gasteiger partial charge in [-0.2, -0.15) is 0 Å². The van der Waals surface area contributed by atoms with E-state index in [-0.39, 0.29) is 12.4 Å². The molecule has 1 fully saturated rings. The molecule has 116 valence electrons. The Morgan fingerprint density at radius 2 is 2.10 bits per heavy atom. The van der Waals surface area contributed by atoms with E-state index >= 15 is 0 Å². The third-order valence-electron chi connectivity index (χ3n) is 2.94. The number of hydrogen-bond donors (Lipinski definition) is 0. The first kappa shape index (κ1) is 17.2. The van der Waals surface area contributed by atoms with E-state index in [2.05, 4.69) is 47.8 Å². The summed E-state index contributed by atoms with van der Waals surface area (Å²) in [5.41, 5.74) is -0.750. The topological polar surface area (TPSA) is 44.8 Å². The molecule has 0 N–H and O–H groups in total. The van der Waals surface area contributed by atoms with Crippen molar-refractivity contribution in [1.29, 1.82) is 0 Å². The smallest absolute Gasteiger partial charge is 0.344 e. The van der Waals surface area contributed by atoms with Gasteiger partial charge in [0.1, 0.15) is 18.2 Å². The highest BCUT2D eigenvalue weighted by atomic mass is 80.0. The zero-order chi connectivity index (χ0) is 15.8. The molecule has 0 aromatic heterocycles. The number of alkyl halides is 3. The number of carbonyl (C=O) groups is 1. The maximum atomic E-state index is 13.4. The van der Waals surface area contributed by atoms with Crippen molar-refractivity contribution in [3.05, 3.63) is 29.6 Å². The zero-order valence-corrected chi connectivity index (χ0v) is 15.9. The van der Waals surface area contributed by atoms with Crippen molar-refractivity contribution in [1.82, 2.24) is 0 Å². The Labute approximate surface area is 146 Å². The van der Waals surface area contributed by atoms with Crippen LogP contribution >= 0.6 is 47.8 Å². The number of aryl methyl sites for hydroxylation is 1. The summed E-state index contributed by atoms with van der Waals surface area (Å²) in [6.07, 6.45) is -0.867. The first-order valence-electron chi connectivity index (χ1n) is 5.96. The molecule has 0 bridgehead atoms. The van der Waals surface area contributed by atoms with Gasteiger partial charge in [0.15, 0.2) is 7.74 Å². The molecular formula is C13H12Br3FO4. The highest BCUT2D eigenvalue weighted by Crippen LogP contribution is 2.44. The van der Waals surface area contributed by atoms with Crippen molar-refractivity contribution in [2.24, 2.45) is 0 Å². The molecule has 1 aliphatic rings. The van der Waals surface area contributed by atoms with Crippen LogP contribution in [-0.4, -0.2) is 26.6 Å². The zero-order valence-electron chi connectivity index (χ0n) is 11.2. The Morgan fingerprint density at radius 3 is 2.62 bits per heavy atom. The van der Waals surface area contributed by atoms with Crippen LogP contribution in [0.3, 0.4) is 0 Å². The monoisotopic (exact) mass is 488 g/mol. The Kier molecular flexibility index (Phi) is 5.02.